The van der Waals surface area contributed by atoms with Crippen LogP contribution in [0.15, 0.2) is 72.9 Å². The van der Waals surface area contributed by atoms with Gasteiger partial charge in [-0.25, -0.2) is 0 Å². The lowest BCUT2D eigenvalue weighted by Gasteiger charge is -2.18. The van der Waals surface area contributed by atoms with Crippen LogP contribution in [0, 0.1) is 0 Å². The fourth-order valence-corrected chi connectivity index (χ4v) is 7.30. The Labute approximate surface area is 385 Å². The SMILES string of the molecule is CC/C=C\C/C=C\C/C=C\C/C=C\CCCCCCCCCOCC(COC(=O)CCCCCCC/C=C\C/C=C\CCC)OC(=O)CCCCCCCCCCCCCCC. The van der Waals surface area contributed by atoms with Crippen molar-refractivity contribution in [1.82, 2.24) is 0 Å². The van der Waals surface area contributed by atoms with Gasteiger partial charge in [0.25, 0.3) is 0 Å². The van der Waals surface area contributed by atoms with Crippen LogP contribution in [0.5, 0.6) is 0 Å². The molecule has 0 aliphatic carbocycles. The van der Waals surface area contributed by atoms with Crippen LogP contribution < -0.4 is 0 Å². The minimum Gasteiger partial charge on any atom is -0.462 e. The summed E-state index contributed by atoms with van der Waals surface area (Å²) in [6.45, 7) is 7.63. The average molecular weight is 865 g/mol. The number of ether oxygens (including phenoxy) is 3. The summed E-state index contributed by atoms with van der Waals surface area (Å²) in [5.41, 5.74) is 0. The Bertz CT molecular complexity index is 1110. The molecule has 0 aromatic heterocycles. The van der Waals surface area contributed by atoms with E-state index in [4.69, 9.17) is 14.2 Å². The largest absolute Gasteiger partial charge is 0.462 e. The fraction of sp³-hybridized carbons (Fsp3) is 0.754. The van der Waals surface area contributed by atoms with Crippen LogP contribution in [-0.2, 0) is 23.8 Å². The topological polar surface area (TPSA) is 61.8 Å². The number of esters is 2. The third kappa shape index (κ3) is 50.0. The van der Waals surface area contributed by atoms with E-state index in [-0.39, 0.29) is 25.2 Å². The van der Waals surface area contributed by atoms with Gasteiger partial charge in [-0.3, -0.25) is 9.59 Å². The molecule has 0 aromatic rings. The molecule has 0 aliphatic rings. The first-order valence-corrected chi connectivity index (χ1v) is 26.5. The van der Waals surface area contributed by atoms with Gasteiger partial charge in [-0.05, 0) is 83.5 Å². The molecule has 0 N–H and O–H groups in total. The van der Waals surface area contributed by atoms with E-state index >= 15 is 0 Å². The zero-order valence-corrected chi connectivity index (χ0v) is 41.1. The molecule has 358 valence electrons. The minimum absolute atomic E-state index is 0.0735. The first-order chi connectivity index (χ1) is 30.6. The Kier molecular flexibility index (Phi) is 50.4. The molecule has 0 aromatic carbocycles. The maximum Gasteiger partial charge on any atom is 0.306 e. The van der Waals surface area contributed by atoms with Crippen molar-refractivity contribution in [3.8, 4) is 0 Å². The predicted octanol–water partition coefficient (Wildman–Crippen LogP) is 17.9. The van der Waals surface area contributed by atoms with Gasteiger partial charge in [-0.2, -0.15) is 0 Å². The Morgan fingerprint density at radius 2 is 0.758 bits per heavy atom. The lowest BCUT2D eigenvalue weighted by atomic mass is 10.0. The van der Waals surface area contributed by atoms with Crippen LogP contribution in [0.25, 0.3) is 0 Å². The highest BCUT2D eigenvalue weighted by molar-refractivity contribution is 5.70. The number of carbonyl (C=O) groups excluding carboxylic acids is 2. The molecule has 0 rings (SSSR count). The van der Waals surface area contributed by atoms with Gasteiger partial charge in [0, 0.05) is 19.4 Å². The second kappa shape index (κ2) is 52.7. The van der Waals surface area contributed by atoms with Crippen molar-refractivity contribution >= 4 is 11.9 Å². The third-order valence-corrected chi connectivity index (χ3v) is 11.2. The highest BCUT2D eigenvalue weighted by Crippen LogP contribution is 2.15. The molecule has 0 fully saturated rings. The average Bonchev–Trinajstić information content (AvgIpc) is 3.27. The number of hydrogen-bond donors (Lipinski definition) is 0. The zero-order chi connectivity index (χ0) is 44.9. The standard InChI is InChI=1S/C57H100O5/c1-4-7-10-13-16-19-22-25-26-27-28-29-30-31-34-37-40-43-46-49-52-60-53-55(62-57(59)51-48-45-42-39-36-33-24-21-18-15-12-9-6-3)54-61-56(58)50-47-44-41-38-35-32-23-20-17-14-11-8-5-2/h7,10-11,14,16,19-20,23,25-26,28-29,55H,4-6,8-9,12-13,15,17-18,21-22,24,27,30-54H2,1-3H3/b10-7-,14-11-,19-16-,23-20-,26-25-,29-28-. The van der Waals surface area contributed by atoms with E-state index in [0.29, 0.717) is 19.4 Å². The van der Waals surface area contributed by atoms with Crippen LogP contribution in [-0.4, -0.2) is 37.9 Å². The molecule has 0 amide bonds. The van der Waals surface area contributed by atoms with Crippen molar-refractivity contribution < 1.29 is 23.8 Å². The van der Waals surface area contributed by atoms with Crippen molar-refractivity contribution in [2.45, 2.75) is 258 Å². The van der Waals surface area contributed by atoms with Gasteiger partial charge in [0.05, 0.1) is 6.61 Å². The van der Waals surface area contributed by atoms with Crippen molar-refractivity contribution in [2.75, 3.05) is 19.8 Å². The maximum atomic E-state index is 12.8. The van der Waals surface area contributed by atoms with E-state index in [1.807, 2.05) is 0 Å². The highest BCUT2D eigenvalue weighted by atomic mass is 16.6. The van der Waals surface area contributed by atoms with Gasteiger partial charge in [0.1, 0.15) is 6.61 Å². The van der Waals surface area contributed by atoms with Gasteiger partial charge in [-0.1, -0.05) is 229 Å². The van der Waals surface area contributed by atoms with E-state index in [9.17, 15) is 9.59 Å². The number of allylic oxidation sites excluding steroid dienone is 12. The Hall–Kier alpha value is -2.66. The second-order valence-corrected chi connectivity index (χ2v) is 17.4. The van der Waals surface area contributed by atoms with Crippen LogP contribution >= 0.6 is 0 Å². The van der Waals surface area contributed by atoms with Crippen LogP contribution in [0.1, 0.15) is 252 Å². The summed E-state index contributed by atoms with van der Waals surface area (Å²) in [5, 5.41) is 0. The predicted molar refractivity (Wildman–Crippen MR) is 270 cm³/mol. The zero-order valence-electron chi connectivity index (χ0n) is 41.1. The Morgan fingerprint density at radius 1 is 0.371 bits per heavy atom. The second-order valence-electron chi connectivity index (χ2n) is 17.4. The molecular weight excluding hydrogens is 765 g/mol. The third-order valence-electron chi connectivity index (χ3n) is 11.2. The molecule has 5 nitrogen and oxygen atoms in total. The summed E-state index contributed by atoms with van der Waals surface area (Å²) in [6, 6.07) is 0. The summed E-state index contributed by atoms with van der Waals surface area (Å²) >= 11 is 0. The van der Waals surface area contributed by atoms with Crippen molar-refractivity contribution in [3.63, 3.8) is 0 Å². The van der Waals surface area contributed by atoms with Gasteiger partial charge < -0.3 is 14.2 Å². The summed E-state index contributed by atoms with van der Waals surface area (Å²) in [6.07, 6.45) is 67.7. The molecule has 5 heteroatoms. The number of hydrogen-bond acceptors (Lipinski definition) is 5. The lowest BCUT2D eigenvalue weighted by molar-refractivity contribution is -0.163. The highest BCUT2D eigenvalue weighted by Gasteiger charge is 2.17. The number of carbonyl (C=O) groups is 2. The molecule has 0 saturated heterocycles. The van der Waals surface area contributed by atoms with Crippen LogP contribution in [0.3, 0.4) is 0 Å². The molecule has 0 heterocycles. The summed E-state index contributed by atoms with van der Waals surface area (Å²) in [5.74, 6) is -0.414. The normalized spacial score (nSPS) is 12.8. The fourth-order valence-electron chi connectivity index (χ4n) is 7.30. The first kappa shape index (κ1) is 59.3. The van der Waals surface area contributed by atoms with E-state index in [0.717, 1.165) is 83.5 Å². The van der Waals surface area contributed by atoms with Crippen LogP contribution in [0.4, 0.5) is 0 Å². The Morgan fingerprint density at radius 3 is 1.23 bits per heavy atom. The summed E-state index contributed by atoms with van der Waals surface area (Å²) in [7, 11) is 0. The minimum atomic E-state index is -0.547. The smallest absolute Gasteiger partial charge is 0.306 e. The van der Waals surface area contributed by atoms with Crippen molar-refractivity contribution in [1.29, 1.82) is 0 Å². The molecule has 0 radical (unpaired) electrons. The lowest BCUT2D eigenvalue weighted by Crippen LogP contribution is -2.30. The van der Waals surface area contributed by atoms with E-state index < -0.39 is 6.10 Å². The van der Waals surface area contributed by atoms with Crippen LogP contribution in [0.2, 0.25) is 0 Å². The molecule has 0 spiro atoms. The molecule has 0 saturated carbocycles. The summed E-state index contributed by atoms with van der Waals surface area (Å²) in [4.78, 5) is 25.4. The van der Waals surface area contributed by atoms with Gasteiger partial charge in [0.15, 0.2) is 6.10 Å². The van der Waals surface area contributed by atoms with E-state index in [1.165, 1.54) is 135 Å². The van der Waals surface area contributed by atoms with Crippen molar-refractivity contribution in [3.05, 3.63) is 72.9 Å². The van der Waals surface area contributed by atoms with Gasteiger partial charge >= 0.3 is 11.9 Å². The number of unbranched alkanes of at least 4 members (excludes halogenated alkanes) is 25. The monoisotopic (exact) mass is 865 g/mol. The first-order valence-electron chi connectivity index (χ1n) is 26.5. The molecule has 62 heavy (non-hydrogen) atoms. The molecule has 1 atom stereocenters. The maximum absolute atomic E-state index is 12.8. The van der Waals surface area contributed by atoms with E-state index in [1.54, 1.807) is 0 Å². The molecule has 0 aliphatic heterocycles. The number of rotatable bonds is 48. The van der Waals surface area contributed by atoms with Gasteiger partial charge in [-0.15, -0.1) is 0 Å². The quantitative estimate of drug-likeness (QED) is 0.0346. The van der Waals surface area contributed by atoms with Gasteiger partial charge in [0.2, 0.25) is 0 Å². The summed E-state index contributed by atoms with van der Waals surface area (Å²) < 4.78 is 17.4. The molecule has 1 unspecified atom stereocenters. The molecular formula is C57H100O5. The van der Waals surface area contributed by atoms with E-state index in [2.05, 4.69) is 93.7 Å². The Balaban J connectivity index is 4.27. The molecule has 0 bridgehead atoms. The van der Waals surface area contributed by atoms with Crippen molar-refractivity contribution in [2.24, 2.45) is 0 Å².